The Hall–Kier alpha value is -4.51. The molecule has 8 nitrogen and oxygen atoms in total. The number of thiazole rings is 1. The second-order valence-corrected chi connectivity index (χ2v) is 10.6. The first-order valence-corrected chi connectivity index (χ1v) is 13.6. The third-order valence-electron chi connectivity index (χ3n) is 6.44. The first kappa shape index (κ1) is 27.1. The van der Waals surface area contributed by atoms with Gasteiger partial charge in [-0.05, 0) is 55.2 Å². The number of halogens is 2. The number of carbonyl (C=O) groups excluding carboxylic acids is 2. The first-order valence-electron chi connectivity index (χ1n) is 12.4. The summed E-state index contributed by atoms with van der Waals surface area (Å²) in [6.07, 6.45) is 2.24. The maximum Gasteiger partial charge on any atom is 0.257 e. The molecule has 40 heavy (non-hydrogen) atoms. The summed E-state index contributed by atoms with van der Waals surface area (Å²) < 4.78 is 21.1. The number of nitrogens with zero attached hydrogens (tertiary/aromatic N) is 3. The van der Waals surface area contributed by atoms with Gasteiger partial charge in [-0.25, -0.2) is 9.37 Å². The second kappa shape index (κ2) is 11.3. The van der Waals surface area contributed by atoms with Gasteiger partial charge in [-0.3, -0.25) is 9.59 Å². The zero-order valence-electron chi connectivity index (χ0n) is 21.1. The van der Waals surface area contributed by atoms with Gasteiger partial charge in [0, 0.05) is 12.0 Å². The number of rotatable bonds is 8. The van der Waals surface area contributed by atoms with Crippen LogP contribution >= 0.6 is 22.9 Å². The Balaban J connectivity index is 1.39. The van der Waals surface area contributed by atoms with Gasteiger partial charge < -0.3 is 15.4 Å². The van der Waals surface area contributed by atoms with E-state index in [1.54, 1.807) is 24.3 Å². The van der Waals surface area contributed by atoms with E-state index < -0.39 is 17.6 Å². The molecule has 11 heteroatoms. The molecule has 1 fully saturated rings. The summed E-state index contributed by atoms with van der Waals surface area (Å²) in [4.78, 5) is 29.5. The number of hydrogen-bond acceptors (Lipinski definition) is 7. The summed E-state index contributed by atoms with van der Waals surface area (Å²) >= 11 is 7.61. The zero-order chi connectivity index (χ0) is 28.4. The predicted octanol–water partition coefficient (Wildman–Crippen LogP) is 7.37. The minimum atomic E-state index is -0.703. The van der Waals surface area contributed by atoms with E-state index in [2.05, 4.69) is 27.8 Å². The quantitative estimate of drug-likeness (QED) is 0.226. The van der Waals surface area contributed by atoms with Crippen LogP contribution < -0.4 is 15.4 Å². The fraction of sp³-hybridized carbons (Fsp3) is 0.207. The van der Waals surface area contributed by atoms with Crippen molar-refractivity contribution in [3.8, 4) is 23.6 Å². The van der Waals surface area contributed by atoms with Crippen molar-refractivity contribution in [1.82, 2.24) is 4.98 Å². The average Bonchev–Trinajstić information content (AvgIpc) is 3.72. The van der Waals surface area contributed by atoms with E-state index in [9.17, 15) is 24.5 Å². The number of carbonyl (C=O) groups is 2. The highest BCUT2D eigenvalue weighted by Crippen LogP contribution is 2.38. The number of ether oxygens (including phenoxy) is 1. The van der Waals surface area contributed by atoms with Crippen LogP contribution in [0.25, 0.3) is 10.2 Å². The number of anilines is 2. The van der Waals surface area contributed by atoms with Crippen molar-refractivity contribution in [2.75, 3.05) is 10.6 Å². The molecule has 200 valence electrons. The lowest BCUT2D eigenvalue weighted by molar-refractivity contribution is -0.117. The van der Waals surface area contributed by atoms with Crippen LogP contribution in [0.5, 0.6) is 11.5 Å². The largest absolute Gasteiger partial charge is 0.456 e. The van der Waals surface area contributed by atoms with E-state index in [0.29, 0.717) is 27.3 Å². The monoisotopic (exact) mass is 573 g/mol. The van der Waals surface area contributed by atoms with Crippen molar-refractivity contribution in [1.29, 1.82) is 10.5 Å². The van der Waals surface area contributed by atoms with Gasteiger partial charge in [0.1, 0.15) is 28.9 Å². The van der Waals surface area contributed by atoms with Gasteiger partial charge >= 0.3 is 0 Å². The molecule has 1 aromatic heterocycles. The van der Waals surface area contributed by atoms with Crippen molar-refractivity contribution in [3.63, 3.8) is 0 Å². The van der Waals surface area contributed by atoms with Crippen LogP contribution in [-0.4, -0.2) is 16.8 Å². The third kappa shape index (κ3) is 5.46. The lowest BCUT2D eigenvalue weighted by atomic mass is 9.96. The van der Waals surface area contributed by atoms with Crippen LogP contribution in [0, 0.1) is 34.4 Å². The van der Waals surface area contributed by atoms with Crippen LogP contribution in [0.15, 0.2) is 48.5 Å². The molecule has 3 aromatic carbocycles. The number of amides is 2. The lowest BCUT2D eigenvalue weighted by Gasteiger charge is -2.14. The summed E-state index contributed by atoms with van der Waals surface area (Å²) in [7, 11) is 0. The highest BCUT2D eigenvalue weighted by Gasteiger charge is 2.30. The molecule has 4 aromatic rings. The molecule has 2 amide bonds. The lowest BCUT2D eigenvalue weighted by Crippen LogP contribution is -2.14. The number of benzene rings is 3. The Kier molecular flexibility index (Phi) is 7.65. The van der Waals surface area contributed by atoms with Gasteiger partial charge in [0.05, 0.1) is 38.5 Å². The molecule has 0 aliphatic heterocycles. The van der Waals surface area contributed by atoms with Gasteiger partial charge in [0.25, 0.3) is 5.91 Å². The highest BCUT2D eigenvalue weighted by molar-refractivity contribution is 7.22. The van der Waals surface area contributed by atoms with Gasteiger partial charge in [-0.1, -0.05) is 42.0 Å². The molecular formula is C29H21ClFN5O3S. The Morgan fingerprint density at radius 1 is 1.20 bits per heavy atom. The van der Waals surface area contributed by atoms with Crippen LogP contribution in [-0.2, 0) is 4.79 Å². The van der Waals surface area contributed by atoms with E-state index in [1.165, 1.54) is 29.5 Å². The van der Waals surface area contributed by atoms with Crippen LogP contribution in [0.2, 0.25) is 5.02 Å². The molecule has 0 saturated heterocycles. The smallest absolute Gasteiger partial charge is 0.257 e. The van der Waals surface area contributed by atoms with Crippen molar-refractivity contribution < 1.29 is 18.7 Å². The normalized spacial score (nSPS) is 13.2. The molecule has 1 aliphatic rings. The average molecular weight is 574 g/mol. The van der Waals surface area contributed by atoms with E-state index in [1.807, 2.05) is 6.92 Å². The molecule has 1 heterocycles. The van der Waals surface area contributed by atoms with Crippen LogP contribution in [0.4, 0.5) is 15.2 Å². The Morgan fingerprint density at radius 3 is 2.70 bits per heavy atom. The van der Waals surface area contributed by atoms with E-state index in [4.69, 9.17) is 16.3 Å². The minimum Gasteiger partial charge on any atom is -0.456 e. The van der Waals surface area contributed by atoms with Gasteiger partial charge in [-0.2, -0.15) is 10.5 Å². The minimum absolute atomic E-state index is 0.0141. The van der Waals surface area contributed by atoms with Gasteiger partial charge in [-0.15, -0.1) is 0 Å². The summed E-state index contributed by atoms with van der Waals surface area (Å²) in [6.45, 7) is 1.84. The molecule has 1 atom stereocenters. The first-order chi connectivity index (χ1) is 19.3. The molecule has 0 spiro atoms. The maximum atomic E-state index is 14.7. The molecule has 1 saturated carbocycles. The van der Waals surface area contributed by atoms with Crippen LogP contribution in [0.3, 0.4) is 0 Å². The van der Waals surface area contributed by atoms with Crippen molar-refractivity contribution in [2.24, 2.45) is 5.92 Å². The second-order valence-electron chi connectivity index (χ2n) is 9.18. The van der Waals surface area contributed by atoms with E-state index in [-0.39, 0.29) is 45.2 Å². The predicted molar refractivity (Wildman–Crippen MR) is 150 cm³/mol. The number of fused-ring (bicyclic) bond motifs is 1. The number of hydrogen-bond donors (Lipinski definition) is 2. The molecule has 0 radical (unpaired) electrons. The Labute approximate surface area is 238 Å². The van der Waals surface area contributed by atoms with E-state index >= 15 is 0 Å². The fourth-order valence-corrected chi connectivity index (χ4v) is 5.43. The van der Waals surface area contributed by atoms with Crippen molar-refractivity contribution in [3.05, 3.63) is 76.1 Å². The topological polar surface area (TPSA) is 128 Å². The number of nitriles is 2. The van der Waals surface area contributed by atoms with E-state index in [0.717, 1.165) is 18.9 Å². The molecule has 1 aliphatic carbocycles. The molecule has 2 N–H and O–H groups in total. The summed E-state index contributed by atoms with van der Waals surface area (Å²) in [6, 6.07) is 16.1. The number of aromatic nitrogens is 1. The summed E-state index contributed by atoms with van der Waals surface area (Å²) in [5.41, 5.74) is 1.22. The Morgan fingerprint density at radius 2 is 2.00 bits per heavy atom. The standard InChI is InChI=1S/C29H21ClFN5O3S/c1-2-15(13-32)18-4-3-5-19(25(18)30)28(38)34-23-12-17(8-9-21(23)31)39-24-11-10-22-26(20(24)14-33)40-29(35-22)36-27(37)16-6-7-16/h3-5,8-12,15-16H,2,6-7H2,1H3,(H,34,38)(H,35,36,37). The Bertz CT molecular complexity index is 1740. The highest BCUT2D eigenvalue weighted by atomic mass is 35.5. The molecule has 5 rings (SSSR count). The van der Waals surface area contributed by atoms with Crippen molar-refractivity contribution in [2.45, 2.75) is 32.1 Å². The fourth-order valence-electron chi connectivity index (χ4n) is 4.13. The summed E-state index contributed by atoms with van der Waals surface area (Å²) in [5.74, 6) is -1.52. The summed E-state index contributed by atoms with van der Waals surface area (Å²) in [5, 5.41) is 25.1. The van der Waals surface area contributed by atoms with Crippen LogP contribution in [0.1, 0.15) is 53.6 Å². The molecule has 0 bridgehead atoms. The molecule has 1 unspecified atom stereocenters. The van der Waals surface area contributed by atoms with Gasteiger partial charge in [0.2, 0.25) is 5.91 Å². The number of nitrogens with one attached hydrogen (secondary N) is 2. The third-order valence-corrected chi connectivity index (χ3v) is 7.86. The molecular weight excluding hydrogens is 553 g/mol. The maximum absolute atomic E-state index is 14.7. The van der Waals surface area contributed by atoms with Gasteiger partial charge in [0.15, 0.2) is 5.13 Å². The zero-order valence-corrected chi connectivity index (χ0v) is 22.7. The van der Waals surface area contributed by atoms with Crippen molar-refractivity contribution >= 4 is 55.8 Å². The SMILES string of the molecule is CCC(C#N)c1cccc(C(=O)Nc2cc(Oc3ccc4nc(NC(=O)C5CC5)sc4c3C#N)ccc2F)c1Cl.